The Kier molecular flexibility index (Phi) is 3.82. The summed E-state index contributed by atoms with van der Waals surface area (Å²) in [5, 5.41) is 8.21. The molecule has 6 rings (SSSR count). The van der Waals surface area contributed by atoms with Crippen LogP contribution in [0.4, 0.5) is 4.39 Å². The molecule has 0 aliphatic rings. The molecule has 0 saturated carbocycles. The van der Waals surface area contributed by atoms with Crippen LogP contribution in [-0.2, 0) is 0 Å². The van der Waals surface area contributed by atoms with Crippen molar-refractivity contribution in [3.05, 3.63) is 79.1 Å². The van der Waals surface area contributed by atoms with Crippen molar-refractivity contribution in [1.82, 2.24) is 35.1 Å². The third-order valence-corrected chi connectivity index (χ3v) is 5.16. The maximum Gasteiger partial charge on any atom is 0.161 e. The van der Waals surface area contributed by atoms with Crippen molar-refractivity contribution < 1.29 is 4.39 Å². The molecule has 2 N–H and O–H groups in total. The van der Waals surface area contributed by atoms with E-state index < -0.39 is 0 Å². The molecule has 148 valence electrons. The standard InChI is InChI=1S/C23H14FN7/c24-16-5-1-3-13(9-16)17-6-8-26-22-19(17)28-23(29-22)20-18-10-15(12-27-21(18)31-30-20)14-4-2-7-25-11-14/h1-12H,(H,26,28,29)(H,27,30,31). The summed E-state index contributed by atoms with van der Waals surface area (Å²) in [4.78, 5) is 21.0. The summed E-state index contributed by atoms with van der Waals surface area (Å²) in [6, 6.07) is 14.1. The number of pyridine rings is 3. The lowest BCUT2D eigenvalue weighted by Gasteiger charge is -2.02. The van der Waals surface area contributed by atoms with E-state index in [1.54, 1.807) is 30.9 Å². The lowest BCUT2D eigenvalue weighted by atomic mass is 10.1. The molecule has 8 heteroatoms. The van der Waals surface area contributed by atoms with Crippen LogP contribution in [0, 0.1) is 5.82 Å². The molecule has 0 amide bonds. The summed E-state index contributed by atoms with van der Waals surface area (Å²) in [5.41, 5.74) is 5.96. The molecule has 5 heterocycles. The van der Waals surface area contributed by atoms with E-state index in [4.69, 9.17) is 4.98 Å². The fourth-order valence-electron chi connectivity index (χ4n) is 3.69. The fraction of sp³-hybridized carbons (Fsp3) is 0. The molecule has 1 aromatic carbocycles. The van der Waals surface area contributed by atoms with Gasteiger partial charge in [0.25, 0.3) is 0 Å². The van der Waals surface area contributed by atoms with Gasteiger partial charge < -0.3 is 4.98 Å². The Balaban J connectivity index is 1.52. The van der Waals surface area contributed by atoms with Crippen molar-refractivity contribution in [3.8, 4) is 33.8 Å². The largest absolute Gasteiger partial charge is 0.321 e. The van der Waals surface area contributed by atoms with Gasteiger partial charge in [0.1, 0.15) is 17.0 Å². The number of hydrogen-bond acceptors (Lipinski definition) is 5. The number of nitrogens with one attached hydrogen (secondary N) is 2. The molecule has 0 spiro atoms. The van der Waals surface area contributed by atoms with Gasteiger partial charge in [-0.25, -0.2) is 19.3 Å². The highest BCUT2D eigenvalue weighted by atomic mass is 19.1. The van der Waals surface area contributed by atoms with Crippen molar-refractivity contribution >= 4 is 22.2 Å². The molecule has 0 unspecified atom stereocenters. The second-order valence-corrected chi connectivity index (χ2v) is 7.09. The minimum atomic E-state index is -0.300. The Labute approximate surface area is 175 Å². The molecule has 0 aliphatic carbocycles. The second kappa shape index (κ2) is 6.81. The molecule has 0 bridgehead atoms. The summed E-state index contributed by atoms with van der Waals surface area (Å²) in [7, 11) is 0. The van der Waals surface area contributed by atoms with E-state index in [9.17, 15) is 4.39 Å². The van der Waals surface area contributed by atoms with Crippen LogP contribution >= 0.6 is 0 Å². The molecule has 31 heavy (non-hydrogen) atoms. The molecule has 0 radical (unpaired) electrons. The first-order valence-corrected chi connectivity index (χ1v) is 9.62. The van der Waals surface area contributed by atoms with Crippen molar-refractivity contribution in [2.24, 2.45) is 0 Å². The molecule has 5 aromatic heterocycles. The first-order valence-electron chi connectivity index (χ1n) is 9.62. The van der Waals surface area contributed by atoms with E-state index in [1.165, 1.54) is 12.1 Å². The van der Waals surface area contributed by atoms with E-state index in [1.807, 2.05) is 30.3 Å². The van der Waals surface area contributed by atoms with E-state index in [0.717, 1.165) is 27.6 Å². The van der Waals surface area contributed by atoms with Crippen LogP contribution < -0.4 is 0 Å². The number of aromatic nitrogens is 7. The quantitative estimate of drug-likeness (QED) is 0.441. The fourth-order valence-corrected chi connectivity index (χ4v) is 3.69. The van der Waals surface area contributed by atoms with Gasteiger partial charge in [0.05, 0.1) is 5.39 Å². The number of aromatic amines is 2. The Bertz CT molecular complexity index is 1550. The lowest BCUT2D eigenvalue weighted by Crippen LogP contribution is -1.85. The molecule has 0 saturated heterocycles. The Morgan fingerprint density at radius 2 is 1.74 bits per heavy atom. The smallest absolute Gasteiger partial charge is 0.161 e. The summed E-state index contributed by atoms with van der Waals surface area (Å²) < 4.78 is 13.8. The van der Waals surface area contributed by atoms with Gasteiger partial charge in [-0.3, -0.25) is 10.1 Å². The average Bonchev–Trinajstić information content (AvgIpc) is 3.43. The van der Waals surface area contributed by atoms with Gasteiger partial charge in [0.2, 0.25) is 0 Å². The predicted octanol–water partition coefficient (Wildman–Crippen LogP) is 4.76. The van der Waals surface area contributed by atoms with Crippen molar-refractivity contribution in [2.75, 3.05) is 0 Å². The van der Waals surface area contributed by atoms with E-state index >= 15 is 0 Å². The number of benzene rings is 1. The van der Waals surface area contributed by atoms with Crippen LogP contribution in [0.1, 0.15) is 0 Å². The topological polar surface area (TPSA) is 96.0 Å². The molecular weight excluding hydrogens is 393 g/mol. The molecule has 7 nitrogen and oxygen atoms in total. The van der Waals surface area contributed by atoms with Gasteiger partial charge >= 0.3 is 0 Å². The Hall–Kier alpha value is -4.46. The predicted molar refractivity (Wildman–Crippen MR) is 115 cm³/mol. The highest BCUT2D eigenvalue weighted by Gasteiger charge is 2.17. The van der Waals surface area contributed by atoms with Gasteiger partial charge in [-0.1, -0.05) is 18.2 Å². The minimum absolute atomic E-state index is 0.300. The highest BCUT2D eigenvalue weighted by molar-refractivity contribution is 5.96. The third kappa shape index (κ3) is 2.93. The maximum atomic E-state index is 13.8. The molecular formula is C23H14FN7. The van der Waals surface area contributed by atoms with E-state index in [2.05, 4.69) is 30.1 Å². The normalized spacial score (nSPS) is 11.4. The van der Waals surface area contributed by atoms with Gasteiger partial charge in [-0.05, 0) is 35.9 Å². The van der Waals surface area contributed by atoms with E-state index in [0.29, 0.717) is 28.3 Å². The molecule has 6 aromatic rings. The minimum Gasteiger partial charge on any atom is -0.321 e. The van der Waals surface area contributed by atoms with Gasteiger partial charge in [0, 0.05) is 41.5 Å². The number of H-pyrrole nitrogens is 2. The third-order valence-electron chi connectivity index (χ3n) is 5.16. The lowest BCUT2D eigenvalue weighted by molar-refractivity contribution is 0.628. The van der Waals surface area contributed by atoms with E-state index in [-0.39, 0.29) is 5.82 Å². The summed E-state index contributed by atoms with van der Waals surface area (Å²) in [5.74, 6) is 0.258. The van der Waals surface area contributed by atoms with Crippen LogP contribution in [0.3, 0.4) is 0 Å². The maximum absolute atomic E-state index is 13.8. The van der Waals surface area contributed by atoms with Crippen LogP contribution in [0.25, 0.3) is 56.0 Å². The number of fused-ring (bicyclic) bond motifs is 2. The zero-order valence-corrected chi connectivity index (χ0v) is 16.0. The highest BCUT2D eigenvalue weighted by Crippen LogP contribution is 2.31. The van der Waals surface area contributed by atoms with Crippen LogP contribution in [-0.4, -0.2) is 35.1 Å². The number of rotatable bonds is 3. The Morgan fingerprint density at radius 1 is 0.806 bits per heavy atom. The first-order chi connectivity index (χ1) is 15.3. The van der Waals surface area contributed by atoms with Crippen LogP contribution in [0.2, 0.25) is 0 Å². The number of halogens is 1. The molecule has 0 fully saturated rings. The van der Waals surface area contributed by atoms with Crippen molar-refractivity contribution in [1.29, 1.82) is 0 Å². The second-order valence-electron chi connectivity index (χ2n) is 7.09. The zero-order chi connectivity index (χ0) is 20.8. The first kappa shape index (κ1) is 17.4. The molecule has 0 aliphatic heterocycles. The SMILES string of the molecule is Fc1cccc(-c2ccnc3[nH]c(-c4n[nH]c5ncc(-c6cccnc6)cc45)nc23)c1. The monoisotopic (exact) mass is 407 g/mol. The number of hydrogen-bond donors (Lipinski definition) is 2. The summed E-state index contributed by atoms with van der Waals surface area (Å²) in [6.07, 6.45) is 6.98. The zero-order valence-electron chi connectivity index (χ0n) is 16.0. The van der Waals surface area contributed by atoms with Gasteiger partial charge in [-0.2, -0.15) is 5.10 Å². The number of nitrogens with zero attached hydrogens (tertiary/aromatic N) is 5. The Morgan fingerprint density at radius 3 is 2.61 bits per heavy atom. The molecule has 0 atom stereocenters. The van der Waals surface area contributed by atoms with Gasteiger partial charge in [0.15, 0.2) is 17.1 Å². The van der Waals surface area contributed by atoms with Crippen LogP contribution in [0.5, 0.6) is 0 Å². The van der Waals surface area contributed by atoms with Crippen molar-refractivity contribution in [3.63, 3.8) is 0 Å². The number of imidazole rings is 1. The van der Waals surface area contributed by atoms with Crippen molar-refractivity contribution in [2.45, 2.75) is 0 Å². The van der Waals surface area contributed by atoms with Crippen LogP contribution in [0.15, 0.2) is 73.3 Å². The summed E-state index contributed by atoms with van der Waals surface area (Å²) >= 11 is 0. The van der Waals surface area contributed by atoms with Gasteiger partial charge in [-0.15, -0.1) is 0 Å². The summed E-state index contributed by atoms with van der Waals surface area (Å²) in [6.45, 7) is 0. The average molecular weight is 407 g/mol.